The molecule has 0 radical (unpaired) electrons. The molecule has 1 aliphatic rings. The van der Waals surface area contributed by atoms with Gasteiger partial charge in [0, 0.05) is 25.8 Å². The van der Waals surface area contributed by atoms with E-state index in [1.165, 1.54) is 6.20 Å². The van der Waals surface area contributed by atoms with Crippen LogP contribution in [0.4, 0.5) is 5.69 Å². The summed E-state index contributed by atoms with van der Waals surface area (Å²) in [5.74, 6) is 0.485. The van der Waals surface area contributed by atoms with Crippen molar-refractivity contribution in [1.29, 1.82) is 0 Å². The van der Waals surface area contributed by atoms with Crippen LogP contribution in [-0.4, -0.2) is 37.3 Å². The zero-order chi connectivity index (χ0) is 14.8. The number of nitrogens with one attached hydrogen (secondary N) is 1. The molecule has 20 heavy (non-hydrogen) atoms. The third-order valence-electron chi connectivity index (χ3n) is 3.47. The molecule has 0 unspecified atom stereocenters. The second-order valence-electron chi connectivity index (χ2n) is 5.64. The highest BCUT2D eigenvalue weighted by atomic mass is 32.2. The molecule has 1 aliphatic carbocycles. The van der Waals surface area contributed by atoms with Gasteiger partial charge in [0.05, 0.1) is 5.69 Å². The van der Waals surface area contributed by atoms with Gasteiger partial charge in [0.2, 0.25) is 0 Å². The molecule has 0 saturated heterocycles. The molecule has 1 fully saturated rings. The van der Waals surface area contributed by atoms with Gasteiger partial charge in [-0.2, -0.15) is 4.31 Å². The molecule has 1 aromatic rings. The van der Waals surface area contributed by atoms with Crippen molar-refractivity contribution in [2.45, 2.75) is 44.2 Å². The van der Waals surface area contributed by atoms with Crippen LogP contribution < -0.4 is 5.32 Å². The Morgan fingerprint density at radius 1 is 1.45 bits per heavy atom. The Morgan fingerprint density at radius 2 is 2.15 bits per heavy atom. The second-order valence-corrected chi connectivity index (χ2v) is 7.44. The first kappa shape index (κ1) is 15.3. The average Bonchev–Trinajstić information content (AvgIpc) is 3.23. The molecule has 1 saturated carbocycles. The van der Waals surface area contributed by atoms with Crippen LogP contribution in [0.3, 0.4) is 0 Å². The fourth-order valence-corrected chi connectivity index (χ4v) is 3.96. The molecule has 2 rings (SSSR count). The Kier molecular flexibility index (Phi) is 4.65. The van der Waals surface area contributed by atoms with Crippen molar-refractivity contribution in [2.24, 2.45) is 5.92 Å². The standard InChI is InChI=1S/C14H23N3O2S/c1-11(2)8-10-17(12-6-7-12)20(18,19)14-13(15-3)5-4-9-16-14/h4-5,9,11-12,15H,6-8,10H2,1-3H3. The van der Waals surface area contributed by atoms with Gasteiger partial charge in [-0.3, -0.25) is 0 Å². The minimum absolute atomic E-state index is 0.137. The number of pyridine rings is 1. The summed E-state index contributed by atoms with van der Waals surface area (Å²) in [4.78, 5) is 4.09. The van der Waals surface area contributed by atoms with Crippen LogP contribution in [-0.2, 0) is 10.0 Å². The van der Waals surface area contributed by atoms with E-state index in [4.69, 9.17) is 0 Å². The maximum Gasteiger partial charge on any atom is 0.262 e. The summed E-state index contributed by atoms with van der Waals surface area (Å²) in [7, 11) is -1.80. The maximum absolute atomic E-state index is 12.8. The average molecular weight is 297 g/mol. The number of nitrogens with zero attached hydrogens (tertiary/aromatic N) is 2. The van der Waals surface area contributed by atoms with E-state index in [-0.39, 0.29) is 11.1 Å². The summed E-state index contributed by atoms with van der Waals surface area (Å²) in [6.07, 6.45) is 4.32. The van der Waals surface area contributed by atoms with Crippen LogP contribution in [0, 0.1) is 5.92 Å². The van der Waals surface area contributed by atoms with Gasteiger partial charge in [-0.05, 0) is 37.3 Å². The normalized spacial score (nSPS) is 15.8. The van der Waals surface area contributed by atoms with Crippen LogP contribution in [0.15, 0.2) is 23.4 Å². The van der Waals surface area contributed by atoms with Crippen molar-refractivity contribution in [2.75, 3.05) is 18.9 Å². The smallest absolute Gasteiger partial charge is 0.262 e. The Morgan fingerprint density at radius 3 is 2.70 bits per heavy atom. The third-order valence-corrected chi connectivity index (χ3v) is 5.39. The molecule has 1 heterocycles. The largest absolute Gasteiger partial charge is 0.386 e. The van der Waals surface area contributed by atoms with Gasteiger partial charge in [0.15, 0.2) is 5.03 Å². The highest BCUT2D eigenvalue weighted by Crippen LogP contribution is 2.33. The number of rotatable bonds is 7. The number of sulfonamides is 1. The zero-order valence-electron chi connectivity index (χ0n) is 12.3. The Hall–Kier alpha value is -1.14. The molecule has 6 heteroatoms. The van der Waals surface area contributed by atoms with Gasteiger partial charge < -0.3 is 5.32 Å². The first-order chi connectivity index (χ1) is 9.46. The summed E-state index contributed by atoms with van der Waals surface area (Å²) in [6.45, 7) is 4.79. The lowest BCUT2D eigenvalue weighted by Crippen LogP contribution is -2.35. The van der Waals surface area contributed by atoms with E-state index in [2.05, 4.69) is 24.1 Å². The van der Waals surface area contributed by atoms with E-state index in [9.17, 15) is 8.42 Å². The Labute approximate surface area is 121 Å². The monoisotopic (exact) mass is 297 g/mol. The quantitative estimate of drug-likeness (QED) is 0.839. The summed E-state index contributed by atoms with van der Waals surface area (Å²) in [5.41, 5.74) is 0.558. The highest BCUT2D eigenvalue weighted by molar-refractivity contribution is 7.89. The number of anilines is 1. The molecule has 0 atom stereocenters. The van der Waals surface area contributed by atoms with E-state index in [0.29, 0.717) is 18.2 Å². The van der Waals surface area contributed by atoms with E-state index in [0.717, 1.165) is 19.3 Å². The SMILES string of the molecule is CNc1cccnc1S(=O)(=O)N(CCC(C)C)C1CC1. The first-order valence-corrected chi connectivity index (χ1v) is 8.55. The summed E-state index contributed by atoms with van der Waals surface area (Å²) in [5, 5.41) is 3.05. The predicted octanol–water partition coefficient (Wildman–Crippen LogP) is 2.32. The lowest BCUT2D eigenvalue weighted by atomic mass is 10.1. The zero-order valence-corrected chi connectivity index (χ0v) is 13.2. The summed E-state index contributed by atoms with van der Waals surface area (Å²) < 4.78 is 27.3. The molecule has 5 nitrogen and oxygen atoms in total. The van der Waals surface area contributed by atoms with Gasteiger partial charge in [0.1, 0.15) is 0 Å². The number of hydrogen-bond donors (Lipinski definition) is 1. The fourth-order valence-electron chi connectivity index (χ4n) is 2.14. The van der Waals surface area contributed by atoms with Crippen molar-refractivity contribution in [1.82, 2.24) is 9.29 Å². The van der Waals surface area contributed by atoms with Gasteiger partial charge in [-0.15, -0.1) is 0 Å². The van der Waals surface area contributed by atoms with Crippen molar-refractivity contribution in [3.05, 3.63) is 18.3 Å². The molecule has 0 aliphatic heterocycles. The van der Waals surface area contributed by atoms with Gasteiger partial charge in [-0.25, -0.2) is 13.4 Å². The van der Waals surface area contributed by atoms with Crippen LogP contribution in [0.1, 0.15) is 33.1 Å². The van der Waals surface area contributed by atoms with Gasteiger partial charge in [0.25, 0.3) is 10.0 Å². The molecule has 0 bridgehead atoms. The van der Waals surface area contributed by atoms with E-state index < -0.39 is 10.0 Å². The highest BCUT2D eigenvalue weighted by Gasteiger charge is 2.39. The topological polar surface area (TPSA) is 62.3 Å². The van der Waals surface area contributed by atoms with Crippen LogP contribution in [0.2, 0.25) is 0 Å². The number of aromatic nitrogens is 1. The minimum Gasteiger partial charge on any atom is -0.386 e. The van der Waals surface area contributed by atoms with Crippen LogP contribution in [0.25, 0.3) is 0 Å². The second kappa shape index (κ2) is 6.10. The summed E-state index contributed by atoms with van der Waals surface area (Å²) >= 11 is 0. The number of hydrogen-bond acceptors (Lipinski definition) is 4. The maximum atomic E-state index is 12.8. The molecule has 1 N–H and O–H groups in total. The van der Waals surface area contributed by atoms with Crippen molar-refractivity contribution >= 4 is 15.7 Å². The predicted molar refractivity (Wildman–Crippen MR) is 80.2 cm³/mol. The van der Waals surface area contributed by atoms with Gasteiger partial charge >= 0.3 is 0 Å². The van der Waals surface area contributed by atoms with E-state index >= 15 is 0 Å². The first-order valence-electron chi connectivity index (χ1n) is 7.11. The minimum atomic E-state index is -3.52. The molecular weight excluding hydrogens is 274 g/mol. The molecular formula is C14H23N3O2S. The Bertz CT molecular complexity index is 553. The lowest BCUT2D eigenvalue weighted by molar-refractivity contribution is 0.372. The molecule has 1 aromatic heterocycles. The van der Waals surface area contributed by atoms with Crippen molar-refractivity contribution in [3.63, 3.8) is 0 Å². The molecule has 0 spiro atoms. The Balaban J connectivity index is 2.30. The van der Waals surface area contributed by atoms with E-state index in [1.54, 1.807) is 23.5 Å². The molecule has 112 valence electrons. The lowest BCUT2D eigenvalue weighted by Gasteiger charge is -2.23. The van der Waals surface area contributed by atoms with E-state index in [1.807, 2.05) is 0 Å². The summed E-state index contributed by atoms with van der Waals surface area (Å²) in [6, 6.07) is 3.64. The van der Waals surface area contributed by atoms with Gasteiger partial charge in [-0.1, -0.05) is 13.8 Å². The third kappa shape index (κ3) is 3.30. The van der Waals surface area contributed by atoms with Crippen LogP contribution in [0.5, 0.6) is 0 Å². The van der Waals surface area contributed by atoms with Crippen molar-refractivity contribution < 1.29 is 8.42 Å². The van der Waals surface area contributed by atoms with Crippen LogP contribution >= 0.6 is 0 Å². The molecule has 0 aromatic carbocycles. The fraction of sp³-hybridized carbons (Fsp3) is 0.643. The molecule has 0 amide bonds. The van der Waals surface area contributed by atoms with Crippen molar-refractivity contribution in [3.8, 4) is 0 Å².